The molecule has 5 nitrogen and oxygen atoms in total. The van der Waals surface area contributed by atoms with Gasteiger partial charge in [0.05, 0.1) is 0 Å². The average Bonchev–Trinajstić information content (AvgIpc) is 2.75. The van der Waals surface area contributed by atoms with Crippen molar-refractivity contribution in [3.8, 4) is 11.4 Å². The largest absolute Gasteiger partial charge is 0.354 e. The van der Waals surface area contributed by atoms with Gasteiger partial charge in [0.1, 0.15) is 11.4 Å². The molecule has 0 unspecified atom stereocenters. The molecule has 2 aliphatic rings. The maximum Gasteiger partial charge on any atom is 0.259 e. The summed E-state index contributed by atoms with van der Waals surface area (Å²) in [5.74, 6) is 3.71. The van der Waals surface area contributed by atoms with Crippen molar-refractivity contribution >= 4 is 23.5 Å². The molecule has 0 radical (unpaired) electrons. The minimum absolute atomic E-state index is 0.0811. The standard InChI is InChI=1S/C20H24N4OS/c25-20(24-9-5-2-6-10-24)17-15-21-18(16-7-3-1-4-8-16)22-19(17)23-11-13-26-14-12-23/h1,3-4,7-8,15H,2,5-6,9-14H2. The Morgan fingerprint density at radius 1 is 0.962 bits per heavy atom. The summed E-state index contributed by atoms with van der Waals surface area (Å²) in [5.41, 5.74) is 1.63. The Hall–Kier alpha value is -2.08. The fraction of sp³-hybridized carbons (Fsp3) is 0.450. The first kappa shape index (κ1) is 17.3. The van der Waals surface area contributed by atoms with Crippen LogP contribution in [0.4, 0.5) is 5.82 Å². The highest BCUT2D eigenvalue weighted by Gasteiger charge is 2.26. The molecule has 0 atom stereocenters. The highest BCUT2D eigenvalue weighted by molar-refractivity contribution is 7.99. The molecule has 2 aliphatic heterocycles. The number of carbonyl (C=O) groups is 1. The van der Waals surface area contributed by atoms with E-state index in [4.69, 9.17) is 4.98 Å². The lowest BCUT2D eigenvalue weighted by molar-refractivity contribution is 0.0724. The first-order valence-corrected chi connectivity index (χ1v) is 10.5. The van der Waals surface area contributed by atoms with Crippen LogP contribution in [0.25, 0.3) is 11.4 Å². The second kappa shape index (κ2) is 8.08. The predicted octanol–water partition coefficient (Wildman–Crippen LogP) is 3.32. The number of amides is 1. The normalized spacial score (nSPS) is 18.0. The first-order valence-electron chi connectivity index (χ1n) is 9.37. The number of carbonyl (C=O) groups excluding carboxylic acids is 1. The third-order valence-corrected chi connectivity index (χ3v) is 5.93. The number of nitrogens with zero attached hydrogens (tertiary/aromatic N) is 4. The summed E-state index contributed by atoms with van der Waals surface area (Å²) in [6.07, 6.45) is 5.13. The van der Waals surface area contributed by atoms with Gasteiger partial charge < -0.3 is 9.80 Å². The van der Waals surface area contributed by atoms with E-state index in [1.807, 2.05) is 47.0 Å². The molecule has 6 heteroatoms. The van der Waals surface area contributed by atoms with Crippen LogP contribution in [0.2, 0.25) is 0 Å². The number of likely N-dealkylation sites (tertiary alicyclic amines) is 1. The molecule has 4 rings (SSSR count). The van der Waals surface area contributed by atoms with Gasteiger partial charge in [0, 0.05) is 49.4 Å². The summed E-state index contributed by atoms with van der Waals surface area (Å²) in [5, 5.41) is 0. The summed E-state index contributed by atoms with van der Waals surface area (Å²) in [4.78, 5) is 26.7. The zero-order valence-corrected chi connectivity index (χ0v) is 15.7. The van der Waals surface area contributed by atoms with E-state index in [0.717, 1.165) is 61.9 Å². The van der Waals surface area contributed by atoms with Gasteiger partial charge in [-0.2, -0.15) is 11.8 Å². The fourth-order valence-corrected chi connectivity index (χ4v) is 4.44. The number of anilines is 1. The van der Waals surface area contributed by atoms with E-state index in [1.54, 1.807) is 6.20 Å². The Morgan fingerprint density at radius 3 is 2.42 bits per heavy atom. The molecule has 0 saturated carbocycles. The van der Waals surface area contributed by atoms with Crippen molar-refractivity contribution in [3.05, 3.63) is 42.1 Å². The molecule has 2 saturated heterocycles. The van der Waals surface area contributed by atoms with Crippen molar-refractivity contribution in [2.75, 3.05) is 42.6 Å². The highest BCUT2D eigenvalue weighted by Crippen LogP contribution is 2.26. The van der Waals surface area contributed by atoms with Crippen LogP contribution in [-0.2, 0) is 0 Å². The summed E-state index contributed by atoms with van der Waals surface area (Å²) in [6, 6.07) is 9.99. The van der Waals surface area contributed by atoms with Crippen molar-refractivity contribution in [1.82, 2.24) is 14.9 Å². The smallest absolute Gasteiger partial charge is 0.259 e. The first-order chi connectivity index (χ1) is 12.8. The molecule has 1 aromatic heterocycles. The molecule has 1 aromatic carbocycles. The molecule has 2 fully saturated rings. The maximum atomic E-state index is 13.1. The molecular weight excluding hydrogens is 344 g/mol. The summed E-state index contributed by atoms with van der Waals surface area (Å²) < 4.78 is 0. The van der Waals surface area contributed by atoms with E-state index in [2.05, 4.69) is 9.88 Å². The van der Waals surface area contributed by atoms with Crippen LogP contribution in [-0.4, -0.2) is 58.5 Å². The number of piperidine rings is 1. The zero-order valence-electron chi connectivity index (χ0n) is 14.9. The number of rotatable bonds is 3. The minimum atomic E-state index is 0.0811. The average molecular weight is 369 g/mol. The lowest BCUT2D eigenvalue weighted by Gasteiger charge is -2.31. The van der Waals surface area contributed by atoms with Gasteiger partial charge >= 0.3 is 0 Å². The quantitative estimate of drug-likeness (QED) is 0.832. The Labute approximate surface area is 158 Å². The number of hydrogen-bond acceptors (Lipinski definition) is 5. The van der Waals surface area contributed by atoms with Gasteiger partial charge in [-0.1, -0.05) is 30.3 Å². The van der Waals surface area contributed by atoms with Crippen molar-refractivity contribution < 1.29 is 4.79 Å². The lowest BCUT2D eigenvalue weighted by atomic mass is 10.1. The summed E-state index contributed by atoms with van der Waals surface area (Å²) >= 11 is 1.96. The monoisotopic (exact) mass is 368 g/mol. The van der Waals surface area contributed by atoms with Crippen LogP contribution in [0.3, 0.4) is 0 Å². The van der Waals surface area contributed by atoms with E-state index in [-0.39, 0.29) is 5.91 Å². The number of benzene rings is 1. The SMILES string of the molecule is O=C(c1cnc(-c2ccccc2)nc1N1CCSCC1)N1CCCCC1. The van der Waals surface area contributed by atoms with Gasteiger partial charge in [-0.15, -0.1) is 0 Å². The summed E-state index contributed by atoms with van der Waals surface area (Å²) in [7, 11) is 0. The van der Waals surface area contributed by atoms with Crippen molar-refractivity contribution in [3.63, 3.8) is 0 Å². The number of aromatic nitrogens is 2. The van der Waals surface area contributed by atoms with Crippen LogP contribution < -0.4 is 4.90 Å². The van der Waals surface area contributed by atoms with Crippen molar-refractivity contribution in [2.45, 2.75) is 19.3 Å². The number of thioether (sulfide) groups is 1. The van der Waals surface area contributed by atoms with Gasteiger partial charge in [0.15, 0.2) is 5.82 Å². The van der Waals surface area contributed by atoms with E-state index >= 15 is 0 Å². The third-order valence-electron chi connectivity index (χ3n) is 4.98. The van der Waals surface area contributed by atoms with Crippen LogP contribution in [0.5, 0.6) is 0 Å². The Bertz CT molecular complexity index is 756. The topological polar surface area (TPSA) is 49.3 Å². The molecule has 26 heavy (non-hydrogen) atoms. The van der Waals surface area contributed by atoms with Crippen LogP contribution >= 0.6 is 11.8 Å². The Kier molecular flexibility index (Phi) is 5.39. The van der Waals surface area contributed by atoms with Crippen LogP contribution in [0.1, 0.15) is 29.6 Å². The van der Waals surface area contributed by atoms with Gasteiger partial charge in [-0.3, -0.25) is 4.79 Å². The molecule has 0 aliphatic carbocycles. The Morgan fingerprint density at radius 2 is 1.69 bits per heavy atom. The molecule has 0 bridgehead atoms. The fourth-order valence-electron chi connectivity index (χ4n) is 3.53. The maximum absolute atomic E-state index is 13.1. The van der Waals surface area contributed by atoms with Crippen molar-refractivity contribution in [1.29, 1.82) is 0 Å². The van der Waals surface area contributed by atoms with Crippen LogP contribution in [0, 0.1) is 0 Å². The second-order valence-corrected chi connectivity index (χ2v) is 7.97. The second-order valence-electron chi connectivity index (χ2n) is 6.75. The molecule has 0 N–H and O–H groups in total. The molecule has 0 spiro atoms. The Balaban J connectivity index is 1.71. The van der Waals surface area contributed by atoms with Gasteiger partial charge in [-0.25, -0.2) is 9.97 Å². The molecule has 3 heterocycles. The van der Waals surface area contributed by atoms with Gasteiger partial charge in [-0.05, 0) is 19.3 Å². The van der Waals surface area contributed by atoms with E-state index in [9.17, 15) is 4.79 Å². The van der Waals surface area contributed by atoms with Crippen molar-refractivity contribution in [2.24, 2.45) is 0 Å². The summed E-state index contributed by atoms with van der Waals surface area (Å²) in [6.45, 7) is 3.54. The van der Waals surface area contributed by atoms with Gasteiger partial charge in [0.2, 0.25) is 0 Å². The van der Waals surface area contributed by atoms with E-state index < -0.39 is 0 Å². The molecule has 136 valence electrons. The van der Waals surface area contributed by atoms with E-state index in [0.29, 0.717) is 11.4 Å². The molecule has 1 amide bonds. The predicted molar refractivity (Wildman–Crippen MR) is 107 cm³/mol. The van der Waals surface area contributed by atoms with Gasteiger partial charge in [0.25, 0.3) is 5.91 Å². The van der Waals surface area contributed by atoms with Crippen LogP contribution in [0.15, 0.2) is 36.5 Å². The lowest BCUT2D eigenvalue weighted by Crippen LogP contribution is -2.39. The van der Waals surface area contributed by atoms with E-state index in [1.165, 1.54) is 6.42 Å². The minimum Gasteiger partial charge on any atom is -0.354 e. The molecule has 2 aromatic rings. The number of hydrogen-bond donors (Lipinski definition) is 0. The zero-order chi connectivity index (χ0) is 17.8. The third kappa shape index (κ3) is 3.70. The molecular formula is C20H24N4OS. The highest BCUT2D eigenvalue weighted by atomic mass is 32.2.